The summed E-state index contributed by atoms with van der Waals surface area (Å²) in [5.41, 5.74) is 4.77. The summed E-state index contributed by atoms with van der Waals surface area (Å²) >= 11 is -1.85. The van der Waals surface area contributed by atoms with Gasteiger partial charge < -0.3 is 0 Å². The van der Waals surface area contributed by atoms with Crippen LogP contribution >= 0.6 is 5.43 Å². The van der Waals surface area contributed by atoms with Crippen molar-refractivity contribution in [3.63, 3.8) is 0 Å². The molecule has 5 rings (SSSR count). The van der Waals surface area contributed by atoms with E-state index in [1.807, 2.05) is 0 Å². The first-order valence-electron chi connectivity index (χ1n) is 13.5. The van der Waals surface area contributed by atoms with Crippen LogP contribution in [-0.2, 0) is 0 Å². The summed E-state index contributed by atoms with van der Waals surface area (Å²) in [6.45, 7) is 14.3. The standard InChI is InChI=1S/C34H39GeP/c1-24(2)28-22-31(25(3)4)33(32(23-28)26(5)6)35-34(27-16-10-7-11-17-27)36(35,29-18-12-8-13-19-29)30-20-14-9-15-21-30/h7-26,34H,1-6H3/t34-/m1/s1. The van der Waals surface area contributed by atoms with E-state index in [0.29, 0.717) is 22.2 Å². The first-order chi connectivity index (χ1) is 17.4. The van der Waals surface area contributed by atoms with Crippen LogP contribution in [0.1, 0.15) is 86.0 Å². The van der Waals surface area contributed by atoms with Gasteiger partial charge in [-0.15, -0.1) is 0 Å². The van der Waals surface area contributed by atoms with Gasteiger partial charge in [0.25, 0.3) is 0 Å². The van der Waals surface area contributed by atoms with E-state index in [9.17, 15) is 0 Å². The molecule has 0 fully saturated rings. The molecule has 0 nitrogen and oxygen atoms in total. The Labute approximate surface area is 222 Å². The van der Waals surface area contributed by atoms with Gasteiger partial charge in [0.1, 0.15) is 0 Å². The van der Waals surface area contributed by atoms with Crippen molar-refractivity contribution >= 4 is 33.9 Å². The maximum atomic E-state index is 2.58. The van der Waals surface area contributed by atoms with Gasteiger partial charge in [-0.2, -0.15) is 0 Å². The first-order valence-corrected chi connectivity index (χ1v) is 20.4. The molecular weight excluding hydrogens is 512 g/mol. The van der Waals surface area contributed by atoms with Gasteiger partial charge in [0.15, 0.2) is 0 Å². The summed E-state index contributed by atoms with van der Waals surface area (Å²) in [6, 6.07) is 39.9. The van der Waals surface area contributed by atoms with Crippen molar-refractivity contribution in [2.45, 2.75) is 63.8 Å². The van der Waals surface area contributed by atoms with Gasteiger partial charge in [0.2, 0.25) is 0 Å². The fourth-order valence-corrected chi connectivity index (χ4v) is 35.3. The second-order valence-electron chi connectivity index (χ2n) is 11.1. The second-order valence-corrected chi connectivity index (χ2v) is 26.0. The van der Waals surface area contributed by atoms with Gasteiger partial charge in [-0.3, -0.25) is 0 Å². The van der Waals surface area contributed by atoms with Crippen LogP contribution in [0.25, 0.3) is 0 Å². The zero-order chi connectivity index (χ0) is 25.4. The summed E-state index contributed by atoms with van der Waals surface area (Å²) in [5.74, 6) is 1.61. The zero-order valence-corrected chi connectivity index (χ0v) is 25.6. The number of rotatable bonds is 7. The third kappa shape index (κ3) is 4.31. The molecule has 0 aliphatic carbocycles. The van der Waals surface area contributed by atoms with Crippen molar-refractivity contribution < 1.29 is 0 Å². The molecule has 1 atom stereocenters. The Kier molecular flexibility index (Phi) is 7.30. The van der Waals surface area contributed by atoms with Crippen molar-refractivity contribution in [1.82, 2.24) is 0 Å². The number of benzene rings is 4. The predicted octanol–water partition coefficient (Wildman–Crippen LogP) is 8.22. The molecular formula is C34H39GeP. The van der Waals surface area contributed by atoms with Crippen LogP contribution in [0, 0.1) is 0 Å². The van der Waals surface area contributed by atoms with Crippen molar-refractivity contribution in [3.8, 4) is 0 Å². The molecule has 4 aromatic rings. The van der Waals surface area contributed by atoms with Gasteiger partial charge in [0, 0.05) is 0 Å². The van der Waals surface area contributed by atoms with Gasteiger partial charge >= 0.3 is 223 Å². The molecule has 0 unspecified atom stereocenters. The molecule has 0 saturated carbocycles. The summed E-state index contributed by atoms with van der Waals surface area (Å²) in [4.78, 5) is 0. The minimum absolute atomic E-state index is 0.529. The SMILES string of the molecule is CC(C)c1cc(C(C)C)[c]([Ge]2=[P](c3ccccc3)(c3ccccc3)[C@@H]2c2ccccc2)c(C(C)C)c1. The van der Waals surface area contributed by atoms with Gasteiger partial charge in [-0.25, -0.2) is 0 Å². The van der Waals surface area contributed by atoms with Crippen molar-refractivity contribution in [3.05, 3.63) is 125 Å². The third-order valence-corrected chi connectivity index (χ3v) is 29.3. The van der Waals surface area contributed by atoms with Gasteiger partial charge in [0.05, 0.1) is 0 Å². The van der Waals surface area contributed by atoms with Crippen LogP contribution in [-0.4, -0.2) is 13.4 Å². The molecule has 2 heteroatoms. The van der Waals surface area contributed by atoms with Crippen LogP contribution in [0.4, 0.5) is 0 Å². The predicted molar refractivity (Wildman–Crippen MR) is 162 cm³/mol. The zero-order valence-electron chi connectivity index (χ0n) is 22.6. The minimum atomic E-state index is -1.85. The van der Waals surface area contributed by atoms with E-state index in [4.69, 9.17) is 0 Å². The molecule has 184 valence electrons. The summed E-state index contributed by atoms with van der Waals surface area (Å²) < 4.78 is 2.47. The van der Waals surface area contributed by atoms with E-state index < -0.39 is 18.9 Å². The second kappa shape index (κ2) is 10.3. The Balaban J connectivity index is 1.94. The molecule has 0 spiro atoms. The Morgan fingerprint density at radius 3 is 1.36 bits per heavy atom. The van der Waals surface area contributed by atoms with Crippen LogP contribution in [0.5, 0.6) is 0 Å². The summed E-state index contributed by atoms with van der Waals surface area (Å²) in [5, 5.41) is 3.22. The molecule has 1 aliphatic heterocycles. The van der Waals surface area contributed by atoms with E-state index in [2.05, 4.69) is 145 Å². The van der Waals surface area contributed by atoms with E-state index in [0.717, 1.165) is 0 Å². The molecule has 0 amide bonds. The van der Waals surface area contributed by atoms with Crippen molar-refractivity contribution in [2.75, 3.05) is 0 Å². The fourth-order valence-electron chi connectivity index (χ4n) is 5.92. The Hall–Kier alpha value is -2.15. The number of hydrogen-bond acceptors (Lipinski definition) is 0. The maximum absolute atomic E-state index is 2.58. The van der Waals surface area contributed by atoms with Crippen LogP contribution in [0.3, 0.4) is 0 Å². The van der Waals surface area contributed by atoms with Crippen molar-refractivity contribution in [1.29, 1.82) is 0 Å². The average molecular weight is 551 g/mol. The van der Waals surface area contributed by atoms with Crippen LogP contribution in [0.2, 0.25) is 0 Å². The first kappa shape index (κ1) is 25.5. The van der Waals surface area contributed by atoms with Crippen LogP contribution < -0.4 is 15.0 Å². The molecule has 4 aromatic carbocycles. The molecule has 1 aliphatic rings. The molecule has 1 heterocycles. The summed E-state index contributed by atoms with van der Waals surface area (Å²) in [7, 11) is 0. The summed E-state index contributed by atoms with van der Waals surface area (Å²) in [6.07, 6.45) is 0. The molecule has 0 saturated heterocycles. The Morgan fingerprint density at radius 2 is 0.972 bits per heavy atom. The fraction of sp³-hybridized carbons (Fsp3) is 0.294. The monoisotopic (exact) mass is 552 g/mol. The average Bonchev–Trinajstić information content (AvgIpc) is 3.60. The molecule has 0 N–H and O–H groups in total. The van der Waals surface area contributed by atoms with E-state index in [-0.39, 0.29) is 0 Å². The van der Waals surface area contributed by atoms with E-state index >= 15 is 0 Å². The van der Waals surface area contributed by atoms with Gasteiger partial charge in [-0.1, -0.05) is 0 Å². The molecule has 0 bridgehead atoms. The molecule has 0 aromatic heterocycles. The van der Waals surface area contributed by atoms with Crippen molar-refractivity contribution in [2.24, 2.45) is 0 Å². The topological polar surface area (TPSA) is 0 Å². The van der Waals surface area contributed by atoms with E-state index in [1.165, 1.54) is 5.56 Å². The van der Waals surface area contributed by atoms with E-state index in [1.54, 1.807) is 31.7 Å². The van der Waals surface area contributed by atoms with Gasteiger partial charge in [-0.05, 0) is 0 Å². The normalized spacial score (nSPS) is 16.7. The number of hydrogen-bond donors (Lipinski definition) is 0. The Bertz CT molecular complexity index is 1330. The Morgan fingerprint density at radius 1 is 0.556 bits per heavy atom. The van der Waals surface area contributed by atoms with Crippen LogP contribution in [0.15, 0.2) is 103 Å². The third-order valence-electron chi connectivity index (χ3n) is 7.79. The molecule has 36 heavy (non-hydrogen) atoms. The quantitative estimate of drug-likeness (QED) is 0.161. The molecule has 0 radical (unpaired) electrons.